The molecule has 33 heavy (non-hydrogen) atoms. The molecule has 4 rings (SSSR count). The molecule has 2 aliphatic carbocycles. The van der Waals surface area contributed by atoms with Crippen LogP contribution in [0.5, 0.6) is 0 Å². The molecule has 0 aliphatic heterocycles. The van der Waals surface area contributed by atoms with Crippen molar-refractivity contribution in [2.75, 3.05) is 5.32 Å². The number of nitrogens with one attached hydrogen (secondary N) is 1. The second-order valence-electron chi connectivity index (χ2n) is 9.40. The molecule has 0 saturated heterocycles. The standard InChI is InChI=1S/C24H24ClN3O5/c1-22(2)23(3)10-11-24(22,21(30)26-17-8-5-7-16(25)13-17)14-19(23)27-33-20(29)15-6-4-9-18(12-15)28(31)32/h4-9,12-13H,10-11,14H2,1-3H3,(H,26,30)/b27-19+. The number of halogens is 1. The number of nitro groups is 1. The van der Waals surface area contributed by atoms with Crippen LogP contribution in [-0.2, 0) is 9.63 Å². The van der Waals surface area contributed by atoms with Crippen molar-refractivity contribution >= 4 is 40.6 Å². The topological polar surface area (TPSA) is 111 Å². The number of oxime groups is 1. The van der Waals surface area contributed by atoms with E-state index in [9.17, 15) is 19.7 Å². The average molecular weight is 470 g/mol. The number of rotatable bonds is 5. The average Bonchev–Trinajstić information content (AvgIpc) is 3.08. The minimum atomic E-state index is -0.784. The molecule has 8 nitrogen and oxygen atoms in total. The molecule has 1 amide bonds. The highest BCUT2D eigenvalue weighted by Crippen LogP contribution is 2.71. The van der Waals surface area contributed by atoms with E-state index in [1.165, 1.54) is 18.2 Å². The van der Waals surface area contributed by atoms with E-state index in [4.69, 9.17) is 16.4 Å². The van der Waals surface area contributed by atoms with E-state index >= 15 is 0 Å². The Kier molecular flexibility index (Phi) is 5.52. The van der Waals surface area contributed by atoms with E-state index in [1.807, 2.05) is 20.8 Å². The van der Waals surface area contributed by atoms with Gasteiger partial charge in [-0.05, 0) is 42.5 Å². The van der Waals surface area contributed by atoms with Gasteiger partial charge in [0.2, 0.25) is 5.91 Å². The molecule has 9 heteroatoms. The van der Waals surface area contributed by atoms with E-state index in [0.29, 0.717) is 29.3 Å². The van der Waals surface area contributed by atoms with Gasteiger partial charge in [0.1, 0.15) is 0 Å². The lowest BCUT2D eigenvalue weighted by atomic mass is 9.64. The highest BCUT2D eigenvalue weighted by molar-refractivity contribution is 6.30. The molecule has 2 aliphatic rings. The number of fused-ring (bicyclic) bond motifs is 2. The van der Waals surface area contributed by atoms with Crippen molar-refractivity contribution in [3.8, 4) is 0 Å². The predicted molar refractivity (Wildman–Crippen MR) is 124 cm³/mol. The van der Waals surface area contributed by atoms with Crippen molar-refractivity contribution in [2.45, 2.75) is 40.0 Å². The van der Waals surface area contributed by atoms with Gasteiger partial charge in [0, 0.05) is 34.7 Å². The number of amides is 1. The van der Waals surface area contributed by atoms with Crippen molar-refractivity contribution < 1.29 is 19.3 Å². The van der Waals surface area contributed by atoms with Crippen LogP contribution in [0.25, 0.3) is 0 Å². The maximum absolute atomic E-state index is 13.5. The second kappa shape index (κ2) is 7.95. The monoisotopic (exact) mass is 469 g/mol. The Bertz CT molecular complexity index is 1190. The summed E-state index contributed by atoms with van der Waals surface area (Å²) >= 11 is 6.06. The summed E-state index contributed by atoms with van der Waals surface area (Å²) in [6.07, 6.45) is 1.75. The molecular formula is C24H24ClN3O5. The minimum absolute atomic E-state index is 0.0366. The first-order valence-corrected chi connectivity index (χ1v) is 11.0. The van der Waals surface area contributed by atoms with Gasteiger partial charge in [0.05, 0.1) is 21.6 Å². The van der Waals surface area contributed by atoms with Crippen LogP contribution in [0.2, 0.25) is 5.02 Å². The van der Waals surface area contributed by atoms with Crippen LogP contribution in [0.3, 0.4) is 0 Å². The highest BCUT2D eigenvalue weighted by Gasteiger charge is 2.71. The third-order valence-electron chi connectivity index (χ3n) is 7.78. The molecule has 2 fully saturated rings. The zero-order valence-electron chi connectivity index (χ0n) is 18.6. The number of carbonyl (C=O) groups excluding carboxylic acids is 2. The van der Waals surface area contributed by atoms with Crippen molar-refractivity contribution in [1.82, 2.24) is 0 Å². The smallest absolute Gasteiger partial charge is 0.326 e. The molecular weight excluding hydrogens is 446 g/mol. The van der Waals surface area contributed by atoms with Crippen molar-refractivity contribution in [3.05, 3.63) is 69.2 Å². The third-order valence-corrected chi connectivity index (χ3v) is 8.02. The maximum Gasteiger partial charge on any atom is 0.365 e. The number of nitrogens with zero attached hydrogens (tertiary/aromatic N) is 2. The van der Waals surface area contributed by atoms with E-state index < -0.39 is 27.1 Å². The van der Waals surface area contributed by atoms with Crippen LogP contribution in [0, 0.1) is 26.4 Å². The normalized spacial score (nSPS) is 26.2. The first-order valence-electron chi connectivity index (χ1n) is 10.6. The SMILES string of the molecule is CC12CCC(C(=O)Nc3cccc(Cl)c3)(C/C1=N\OC(=O)c1cccc([N+](=O)[O-])c1)C2(C)C. The summed E-state index contributed by atoms with van der Waals surface area (Å²) in [6, 6.07) is 12.3. The molecule has 2 bridgehead atoms. The number of hydrogen-bond donors (Lipinski definition) is 1. The quantitative estimate of drug-likeness (QED) is 0.347. The summed E-state index contributed by atoms with van der Waals surface area (Å²) in [6.45, 7) is 6.12. The second-order valence-corrected chi connectivity index (χ2v) is 9.84. The first-order chi connectivity index (χ1) is 15.5. The number of carbonyl (C=O) groups is 2. The summed E-state index contributed by atoms with van der Waals surface area (Å²) in [7, 11) is 0. The van der Waals surface area contributed by atoms with Crippen molar-refractivity contribution in [2.24, 2.45) is 21.4 Å². The summed E-state index contributed by atoms with van der Waals surface area (Å²) in [5.74, 6) is -0.901. The Morgan fingerprint density at radius 1 is 1.12 bits per heavy atom. The summed E-state index contributed by atoms with van der Waals surface area (Å²) in [4.78, 5) is 41.6. The van der Waals surface area contributed by atoms with Crippen LogP contribution in [0.15, 0.2) is 53.7 Å². The third kappa shape index (κ3) is 3.58. The number of hydrogen-bond acceptors (Lipinski definition) is 6. The number of non-ortho nitro benzene ring substituents is 1. The van der Waals surface area contributed by atoms with Crippen LogP contribution >= 0.6 is 11.6 Å². The number of benzene rings is 2. The van der Waals surface area contributed by atoms with Crippen LogP contribution in [0.4, 0.5) is 11.4 Å². The molecule has 2 unspecified atom stereocenters. The van der Waals surface area contributed by atoms with Gasteiger partial charge in [-0.3, -0.25) is 14.9 Å². The van der Waals surface area contributed by atoms with Gasteiger partial charge in [-0.15, -0.1) is 0 Å². The Morgan fingerprint density at radius 2 is 1.85 bits per heavy atom. The van der Waals surface area contributed by atoms with Gasteiger partial charge in [0.15, 0.2) is 0 Å². The summed E-state index contributed by atoms with van der Waals surface area (Å²) in [5.41, 5.74) is -0.522. The molecule has 2 atom stereocenters. The molecule has 0 spiro atoms. The zero-order valence-corrected chi connectivity index (χ0v) is 19.3. The number of nitro benzene ring substituents is 1. The van der Waals surface area contributed by atoms with Crippen LogP contribution in [0.1, 0.15) is 50.4 Å². The van der Waals surface area contributed by atoms with Crippen LogP contribution < -0.4 is 5.32 Å². The highest BCUT2D eigenvalue weighted by atomic mass is 35.5. The van der Waals surface area contributed by atoms with Crippen LogP contribution in [-0.4, -0.2) is 22.5 Å². The molecule has 0 radical (unpaired) electrons. The Hall–Kier alpha value is -3.26. The van der Waals surface area contributed by atoms with Gasteiger partial charge in [0.25, 0.3) is 5.69 Å². The molecule has 2 aromatic rings. The Labute approximate surface area is 196 Å². The fraction of sp³-hybridized carbons (Fsp3) is 0.375. The van der Waals surface area contributed by atoms with E-state index in [1.54, 1.807) is 24.3 Å². The molecule has 0 aromatic heterocycles. The maximum atomic E-state index is 13.5. The lowest BCUT2D eigenvalue weighted by Crippen LogP contribution is -2.43. The van der Waals surface area contributed by atoms with Gasteiger partial charge in [-0.2, -0.15) is 0 Å². The molecule has 2 aromatic carbocycles. The molecule has 172 valence electrons. The van der Waals surface area contributed by atoms with Gasteiger partial charge in [-0.25, -0.2) is 4.79 Å². The Balaban J connectivity index is 1.58. The summed E-state index contributed by atoms with van der Waals surface area (Å²) < 4.78 is 0. The van der Waals surface area contributed by atoms with Gasteiger partial charge in [-0.1, -0.05) is 49.7 Å². The van der Waals surface area contributed by atoms with Crippen molar-refractivity contribution in [3.63, 3.8) is 0 Å². The summed E-state index contributed by atoms with van der Waals surface area (Å²) in [5, 5.41) is 18.7. The van der Waals surface area contributed by atoms with Gasteiger partial charge >= 0.3 is 5.97 Å². The van der Waals surface area contributed by atoms with E-state index in [2.05, 4.69) is 10.5 Å². The Morgan fingerprint density at radius 3 is 2.55 bits per heavy atom. The van der Waals surface area contributed by atoms with Crippen molar-refractivity contribution in [1.29, 1.82) is 0 Å². The first kappa shape index (κ1) is 22.9. The lowest BCUT2D eigenvalue weighted by molar-refractivity contribution is -0.384. The largest absolute Gasteiger partial charge is 0.365 e. The lowest BCUT2D eigenvalue weighted by Gasteiger charge is -2.39. The zero-order chi connectivity index (χ0) is 24.0. The fourth-order valence-electron chi connectivity index (χ4n) is 5.24. The van der Waals surface area contributed by atoms with E-state index in [0.717, 1.165) is 12.5 Å². The fourth-order valence-corrected chi connectivity index (χ4v) is 5.43. The van der Waals surface area contributed by atoms with E-state index in [-0.39, 0.29) is 17.2 Å². The number of anilines is 1. The molecule has 2 saturated carbocycles. The molecule has 0 heterocycles. The van der Waals surface area contributed by atoms with Gasteiger partial charge < -0.3 is 10.2 Å². The minimum Gasteiger partial charge on any atom is -0.326 e. The predicted octanol–water partition coefficient (Wildman–Crippen LogP) is 5.62. The molecule has 1 N–H and O–H groups in total.